The second-order valence-electron chi connectivity index (χ2n) is 3.94. The van der Waals surface area contributed by atoms with Crippen molar-refractivity contribution >= 4 is 23.4 Å². The van der Waals surface area contributed by atoms with E-state index in [1.54, 1.807) is 17.8 Å². The maximum Gasteiger partial charge on any atom is 0.188 e. The fourth-order valence-corrected chi connectivity index (χ4v) is 2.30. The Balaban J connectivity index is 2.08. The lowest BCUT2D eigenvalue weighted by Crippen LogP contribution is -1.98. The average molecular weight is 281 g/mol. The lowest BCUT2D eigenvalue weighted by Gasteiger charge is -2.06. The molecule has 4 nitrogen and oxygen atoms in total. The first-order valence-corrected chi connectivity index (χ1v) is 6.85. The average Bonchev–Trinajstić information content (AvgIpc) is 2.35. The van der Waals surface area contributed by atoms with Crippen LogP contribution < -0.4 is 0 Å². The van der Waals surface area contributed by atoms with Crippen molar-refractivity contribution in [1.29, 1.82) is 0 Å². The van der Waals surface area contributed by atoms with Crippen LogP contribution in [-0.2, 0) is 5.75 Å². The van der Waals surface area contributed by atoms with Gasteiger partial charge in [-0.05, 0) is 38.5 Å². The molecule has 0 aliphatic carbocycles. The van der Waals surface area contributed by atoms with Crippen LogP contribution in [0.2, 0.25) is 5.15 Å². The molecule has 0 amide bonds. The molecule has 94 valence electrons. The Morgan fingerprint density at radius 3 is 2.28 bits per heavy atom. The molecule has 0 unspecified atom stereocenters. The number of aryl methyl sites for hydroxylation is 2. The van der Waals surface area contributed by atoms with Gasteiger partial charge in [-0.15, -0.1) is 5.10 Å². The lowest BCUT2D eigenvalue weighted by molar-refractivity contribution is 0.878. The number of aromatic nitrogens is 4. The van der Waals surface area contributed by atoms with Crippen LogP contribution in [0, 0.1) is 20.8 Å². The van der Waals surface area contributed by atoms with Crippen molar-refractivity contribution in [3.63, 3.8) is 0 Å². The summed E-state index contributed by atoms with van der Waals surface area (Å²) in [5.41, 5.74) is 4.05. The maximum atomic E-state index is 5.68. The van der Waals surface area contributed by atoms with Gasteiger partial charge in [0.15, 0.2) is 10.3 Å². The quantitative estimate of drug-likeness (QED) is 0.639. The highest BCUT2D eigenvalue weighted by molar-refractivity contribution is 7.98. The highest BCUT2D eigenvalue weighted by atomic mass is 35.5. The molecular weight excluding hydrogens is 268 g/mol. The van der Waals surface area contributed by atoms with Gasteiger partial charge >= 0.3 is 0 Å². The summed E-state index contributed by atoms with van der Waals surface area (Å²) in [6.45, 7) is 6.02. The van der Waals surface area contributed by atoms with Crippen molar-refractivity contribution in [2.24, 2.45) is 0 Å². The Bertz CT molecular complexity index is 533. The molecule has 6 heteroatoms. The Morgan fingerprint density at radius 1 is 1.06 bits per heavy atom. The molecule has 2 aromatic rings. The minimum atomic E-state index is 0.405. The third kappa shape index (κ3) is 3.17. The van der Waals surface area contributed by atoms with Gasteiger partial charge < -0.3 is 0 Å². The molecule has 0 spiro atoms. The molecule has 0 aromatic carbocycles. The van der Waals surface area contributed by atoms with Crippen molar-refractivity contribution in [2.75, 3.05) is 0 Å². The van der Waals surface area contributed by atoms with Crippen molar-refractivity contribution in [3.8, 4) is 0 Å². The minimum absolute atomic E-state index is 0.405. The molecule has 2 heterocycles. The van der Waals surface area contributed by atoms with E-state index >= 15 is 0 Å². The van der Waals surface area contributed by atoms with Crippen LogP contribution in [0.5, 0.6) is 0 Å². The molecule has 0 aliphatic heterocycles. The maximum absolute atomic E-state index is 5.68. The number of hydrogen-bond acceptors (Lipinski definition) is 5. The van der Waals surface area contributed by atoms with E-state index < -0.39 is 0 Å². The van der Waals surface area contributed by atoms with E-state index in [-0.39, 0.29) is 0 Å². The highest BCUT2D eigenvalue weighted by Crippen LogP contribution is 2.20. The molecule has 0 fully saturated rings. The molecule has 18 heavy (non-hydrogen) atoms. The van der Waals surface area contributed by atoms with Gasteiger partial charge in [-0.2, -0.15) is 5.10 Å². The summed E-state index contributed by atoms with van der Waals surface area (Å²) in [6, 6.07) is 3.59. The van der Waals surface area contributed by atoms with E-state index in [0.717, 1.165) is 27.8 Å². The summed E-state index contributed by atoms with van der Waals surface area (Å²) in [5, 5.41) is 8.97. The van der Waals surface area contributed by atoms with E-state index in [2.05, 4.69) is 20.2 Å². The number of hydrogen-bond donors (Lipinski definition) is 0. The Kier molecular flexibility index (Phi) is 4.14. The van der Waals surface area contributed by atoms with Gasteiger partial charge in [-0.1, -0.05) is 23.4 Å². The van der Waals surface area contributed by atoms with Gasteiger partial charge in [0.05, 0.1) is 5.69 Å². The molecular formula is C12H13ClN4S. The fourth-order valence-electron chi connectivity index (χ4n) is 1.37. The second kappa shape index (κ2) is 5.63. The molecule has 0 radical (unpaired) electrons. The summed E-state index contributed by atoms with van der Waals surface area (Å²) in [7, 11) is 0. The number of halogens is 1. The van der Waals surface area contributed by atoms with E-state index in [1.807, 2.05) is 26.8 Å². The molecule has 2 rings (SSSR count). The van der Waals surface area contributed by atoms with Crippen molar-refractivity contribution < 1.29 is 0 Å². The normalized spacial score (nSPS) is 10.7. The summed E-state index contributed by atoms with van der Waals surface area (Å²) in [6.07, 6.45) is 0. The third-order valence-electron chi connectivity index (χ3n) is 2.65. The van der Waals surface area contributed by atoms with Crippen molar-refractivity contribution in [2.45, 2.75) is 31.7 Å². The van der Waals surface area contributed by atoms with Gasteiger partial charge in [0.25, 0.3) is 0 Å². The van der Waals surface area contributed by atoms with Crippen LogP contribution in [0.1, 0.15) is 22.6 Å². The molecule has 0 N–H and O–H groups in total. The highest BCUT2D eigenvalue weighted by Gasteiger charge is 2.06. The Labute approximate surface area is 115 Å². The predicted molar refractivity (Wildman–Crippen MR) is 72.8 cm³/mol. The number of thioether (sulfide) groups is 1. The largest absolute Gasteiger partial charge is 0.228 e. The Morgan fingerprint density at radius 2 is 1.72 bits per heavy atom. The summed E-state index contributed by atoms with van der Waals surface area (Å²) in [5.74, 6) is 0.687. The van der Waals surface area contributed by atoms with Crippen LogP contribution in [0.15, 0.2) is 17.3 Å². The van der Waals surface area contributed by atoms with Gasteiger partial charge in [0.2, 0.25) is 0 Å². The zero-order chi connectivity index (χ0) is 13.1. The third-order valence-corrected chi connectivity index (χ3v) is 3.73. The smallest absolute Gasteiger partial charge is 0.188 e. The van der Waals surface area contributed by atoms with Crippen molar-refractivity contribution in [3.05, 3.63) is 39.9 Å². The zero-order valence-electron chi connectivity index (χ0n) is 10.4. The van der Waals surface area contributed by atoms with Crippen LogP contribution >= 0.6 is 23.4 Å². The van der Waals surface area contributed by atoms with E-state index in [4.69, 9.17) is 11.6 Å². The summed E-state index contributed by atoms with van der Waals surface area (Å²) >= 11 is 7.23. The number of rotatable bonds is 3. The predicted octanol–water partition coefficient (Wildman–Crippen LogP) is 3.14. The van der Waals surface area contributed by atoms with E-state index in [0.29, 0.717) is 10.9 Å². The SMILES string of the molecule is Cc1nc(SCc2ccc(Cl)nn2)nc(C)c1C. The van der Waals surface area contributed by atoms with Gasteiger partial charge in [-0.3, -0.25) is 0 Å². The fraction of sp³-hybridized carbons (Fsp3) is 0.333. The van der Waals surface area contributed by atoms with Crippen molar-refractivity contribution in [1.82, 2.24) is 20.2 Å². The lowest BCUT2D eigenvalue weighted by atomic mass is 10.2. The minimum Gasteiger partial charge on any atom is -0.228 e. The van der Waals surface area contributed by atoms with Gasteiger partial charge in [0, 0.05) is 17.1 Å². The number of nitrogens with zero attached hydrogens (tertiary/aromatic N) is 4. The first-order valence-electron chi connectivity index (χ1n) is 5.49. The van der Waals surface area contributed by atoms with Gasteiger partial charge in [-0.25, -0.2) is 9.97 Å². The van der Waals surface area contributed by atoms with Gasteiger partial charge in [0.1, 0.15) is 0 Å². The van der Waals surface area contributed by atoms with Crippen LogP contribution in [0.3, 0.4) is 0 Å². The summed E-state index contributed by atoms with van der Waals surface area (Å²) < 4.78 is 0. The Hall–Kier alpha value is -1.20. The monoisotopic (exact) mass is 280 g/mol. The molecule has 0 saturated heterocycles. The van der Waals surface area contributed by atoms with Crippen LogP contribution in [0.4, 0.5) is 0 Å². The van der Waals surface area contributed by atoms with Crippen LogP contribution in [0.25, 0.3) is 0 Å². The molecule has 0 saturated carbocycles. The molecule has 0 atom stereocenters. The van der Waals surface area contributed by atoms with E-state index in [1.165, 1.54) is 0 Å². The molecule has 0 bridgehead atoms. The van der Waals surface area contributed by atoms with Crippen LogP contribution in [-0.4, -0.2) is 20.2 Å². The molecule has 0 aliphatic rings. The summed E-state index contributed by atoms with van der Waals surface area (Å²) in [4.78, 5) is 8.89. The topological polar surface area (TPSA) is 51.6 Å². The standard InChI is InChI=1S/C12H13ClN4S/c1-7-8(2)14-12(15-9(7)3)18-6-10-4-5-11(13)17-16-10/h4-5H,6H2,1-3H3. The zero-order valence-corrected chi connectivity index (χ0v) is 12.0. The second-order valence-corrected chi connectivity index (χ2v) is 5.27. The van der Waals surface area contributed by atoms with E-state index in [9.17, 15) is 0 Å². The first-order chi connectivity index (χ1) is 8.56. The first kappa shape index (κ1) is 13.2. The molecule has 2 aromatic heterocycles.